The molecule has 4 aromatic rings. The van der Waals surface area contributed by atoms with Crippen LogP contribution in [0.2, 0.25) is 5.02 Å². The molecule has 0 bridgehead atoms. The lowest BCUT2D eigenvalue weighted by Gasteiger charge is -2.32. The predicted octanol–water partition coefficient (Wildman–Crippen LogP) is 4.89. The molecule has 1 N–H and O–H groups in total. The van der Waals surface area contributed by atoms with Gasteiger partial charge >= 0.3 is 6.55 Å². The summed E-state index contributed by atoms with van der Waals surface area (Å²) < 4.78 is 70.4. The fraction of sp³-hybridized carbons (Fsp3) is 0.200. The highest BCUT2D eigenvalue weighted by molar-refractivity contribution is 7.89. The number of halogens is 4. The van der Waals surface area contributed by atoms with E-state index in [1.54, 1.807) is 11.6 Å². The van der Waals surface area contributed by atoms with E-state index in [4.69, 9.17) is 16.6 Å². The summed E-state index contributed by atoms with van der Waals surface area (Å²) in [5, 5.41) is 6.52. The molecule has 206 valence electrons. The highest BCUT2D eigenvalue weighted by atomic mass is 35.5. The average Bonchev–Trinajstić information content (AvgIpc) is 3.69. The van der Waals surface area contributed by atoms with Crippen molar-refractivity contribution < 1.29 is 21.6 Å². The zero-order valence-electron chi connectivity index (χ0n) is 20.3. The van der Waals surface area contributed by atoms with E-state index in [0.29, 0.717) is 32.4 Å². The number of hydrogen-bond donors (Lipinski definition) is 1. The van der Waals surface area contributed by atoms with Crippen molar-refractivity contribution in [3.05, 3.63) is 99.4 Å². The smallest absolute Gasteiger partial charge is 0.326 e. The molecule has 1 aromatic carbocycles. The van der Waals surface area contributed by atoms with Crippen molar-refractivity contribution in [2.24, 2.45) is 4.99 Å². The highest BCUT2D eigenvalue weighted by Gasteiger charge is 2.42. The molecule has 15 heteroatoms. The number of pyridine rings is 1. The number of amidine groups is 1. The van der Waals surface area contributed by atoms with Gasteiger partial charge in [0, 0.05) is 71.0 Å². The molecule has 0 saturated carbocycles. The standard InChI is InChI=1S/C25H19ClF3N7O2S2/c26-18-10-14(27)3-4-17(18)22-21(19-5-8-36(33-19)25(28)29)20-11-15(34-40(37,38)16-2-1-6-30-12-16)13-35(20)23(32-22)24-31-7-9-39-24/h1-10,12,15,22,25,34H,11,13H2/t15-,22-/m0/s1. The van der Waals surface area contributed by atoms with Gasteiger partial charge in [-0.3, -0.25) is 9.98 Å². The number of nitrogens with zero attached hydrogens (tertiary/aromatic N) is 6. The van der Waals surface area contributed by atoms with E-state index in [1.807, 2.05) is 4.90 Å². The van der Waals surface area contributed by atoms with Crippen LogP contribution >= 0.6 is 22.9 Å². The van der Waals surface area contributed by atoms with Gasteiger partial charge in [-0.2, -0.15) is 13.9 Å². The molecule has 40 heavy (non-hydrogen) atoms. The van der Waals surface area contributed by atoms with Gasteiger partial charge in [-0.15, -0.1) is 11.3 Å². The summed E-state index contributed by atoms with van der Waals surface area (Å²) in [6, 6.07) is 6.82. The summed E-state index contributed by atoms with van der Waals surface area (Å²) in [4.78, 5) is 15.1. The van der Waals surface area contributed by atoms with E-state index >= 15 is 0 Å². The Hall–Kier alpha value is -3.59. The molecule has 2 aliphatic rings. The van der Waals surface area contributed by atoms with Crippen LogP contribution in [0.5, 0.6) is 0 Å². The molecular formula is C25H19ClF3N7O2S2. The maximum atomic E-state index is 14.0. The van der Waals surface area contributed by atoms with Gasteiger partial charge in [-0.1, -0.05) is 17.7 Å². The first-order chi connectivity index (χ1) is 19.2. The molecule has 0 radical (unpaired) electrons. The minimum atomic E-state index is -3.92. The first kappa shape index (κ1) is 26.6. The molecule has 3 aromatic heterocycles. The Balaban J connectivity index is 1.50. The van der Waals surface area contributed by atoms with Crippen LogP contribution in [0.3, 0.4) is 0 Å². The number of alkyl halides is 2. The lowest BCUT2D eigenvalue weighted by molar-refractivity contribution is 0.0564. The Morgan fingerprint density at radius 3 is 2.70 bits per heavy atom. The molecule has 0 unspecified atom stereocenters. The van der Waals surface area contributed by atoms with Crippen LogP contribution in [-0.4, -0.2) is 51.5 Å². The molecule has 1 saturated heterocycles. The number of benzene rings is 1. The summed E-state index contributed by atoms with van der Waals surface area (Å²) in [5.41, 5.74) is 1.72. The second-order valence-electron chi connectivity index (χ2n) is 9.00. The molecule has 2 aliphatic heterocycles. The fourth-order valence-corrected chi connectivity index (χ4v) is 6.93. The van der Waals surface area contributed by atoms with Gasteiger partial charge in [0.2, 0.25) is 10.0 Å². The molecule has 9 nitrogen and oxygen atoms in total. The minimum Gasteiger partial charge on any atom is -0.326 e. The Bertz CT molecular complexity index is 1730. The van der Waals surface area contributed by atoms with E-state index in [0.717, 1.165) is 12.3 Å². The van der Waals surface area contributed by atoms with E-state index in [2.05, 4.69) is 19.8 Å². The largest absolute Gasteiger partial charge is 0.333 e. The number of sulfonamides is 1. The molecule has 2 atom stereocenters. The van der Waals surface area contributed by atoms with Crippen LogP contribution in [0, 0.1) is 5.82 Å². The van der Waals surface area contributed by atoms with Gasteiger partial charge in [-0.05, 0) is 30.3 Å². The summed E-state index contributed by atoms with van der Waals surface area (Å²) in [5.74, 6) is -0.0901. The Kier molecular flexibility index (Phi) is 6.94. The molecule has 6 rings (SSSR count). The van der Waals surface area contributed by atoms with Crippen LogP contribution in [0.15, 0.2) is 82.2 Å². The highest BCUT2D eigenvalue weighted by Crippen LogP contribution is 2.46. The van der Waals surface area contributed by atoms with Crippen molar-refractivity contribution in [1.82, 2.24) is 29.4 Å². The predicted molar refractivity (Wildman–Crippen MR) is 143 cm³/mol. The second kappa shape index (κ2) is 10.4. The van der Waals surface area contributed by atoms with Crippen LogP contribution in [0.25, 0.3) is 5.57 Å². The molecule has 5 heterocycles. The quantitative estimate of drug-likeness (QED) is 0.322. The van der Waals surface area contributed by atoms with Crippen molar-refractivity contribution in [3.63, 3.8) is 0 Å². The minimum absolute atomic E-state index is 0.00883. The Labute approximate surface area is 235 Å². The second-order valence-corrected chi connectivity index (χ2v) is 12.0. The van der Waals surface area contributed by atoms with Gasteiger partial charge in [0.1, 0.15) is 16.8 Å². The number of fused-ring (bicyclic) bond motifs is 1. The summed E-state index contributed by atoms with van der Waals surface area (Å²) in [6.07, 6.45) is 5.68. The van der Waals surface area contributed by atoms with Crippen LogP contribution in [0.1, 0.15) is 35.3 Å². The van der Waals surface area contributed by atoms with Crippen molar-refractivity contribution in [2.45, 2.75) is 29.9 Å². The van der Waals surface area contributed by atoms with Crippen molar-refractivity contribution in [1.29, 1.82) is 0 Å². The number of hydrogen-bond acceptors (Lipinski definition) is 8. The lowest BCUT2D eigenvalue weighted by atomic mass is 9.92. The maximum absolute atomic E-state index is 14.0. The zero-order chi connectivity index (χ0) is 28.0. The van der Waals surface area contributed by atoms with Gasteiger partial charge in [0.25, 0.3) is 0 Å². The Morgan fingerprint density at radius 1 is 1.18 bits per heavy atom. The summed E-state index contributed by atoms with van der Waals surface area (Å²) >= 11 is 7.80. The van der Waals surface area contributed by atoms with Crippen molar-refractivity contribution in [3.8, 4) is 0 Å². The normalized spacial score (nSPS) is 19.3. The Morgan fingerprint density at radius 2 is 2.02 bits per heavy atom. The van der Waals surface area contributed by atoms with Crippen molar-refractivity contribution in [2.75, 3.05) is 6.54 Å². The molecular weight excluding hydrogens is 587 g/mol. The molecule has 0 aliphatic carbocycles. The SMILES string of the molecule is O=S(=O)(N[C@H]1CC2=C(c3ccn(C(F)F)n3)[C@H](c3ccc(F)cc3Cl)N=C(c3nccs3)N2C1)c1cccnc1. The van der Waals surface area contributed by atoms with E-state index in [9.17, 15) is 21.6 Å². The molecule has 0 amide bonds. The van der Waals surface area contributed by atoms with Gasteiger partial charge in [-0.25, -0.2) is 27.2 Å². The van der Waals surface area contributed by atoms with Crippen LogP contribution in [-0.2, 0) is 10.0 Å². The number of rotatable bonds is 7. The van der Waals surface area contributed by atoms with Gasteiger partial charge < -0.3 is 4.90 Å². The number of thiazole rings is 1. The van der Waals surface area contributed by atoms with Crippen LogP contribution in [0.4, 0.5) is 13.2 Å². The van der Waals surface area contributed by atoms with Gasteiger partial charge in [0.15, 0.2) is 10.8 Å². The number of aliphatic imine (C=N–C) groups is 1. The summed E-state index contributed by atoms with van der Waals surface area (Å²) in [7, 11) is -3.92. The lowest BCUT2D eigenvalue weighted by Crippen LogP contribution is -2.39. The van der Waals surface area contributed by atoms with Gasteiger partial charge in [0.05, 0.1) is 5.69 Å². The molecule has 1 fully saturated rings. The summed E-state index contributed by atoms with van der Waals surface area (Å²) in [6.45, 7) is -2.68. The van der Waals surface area contributed by atoms with E-state index in [1.165, 1.54) is 54.1 Å². The third-order valence-electron chi connectivity index (χ3n) is 6.49. The first-order valence-electron chi connectivity index (χ1n) is 11.9. The maximum Gasteiger partial charge on any atom is 0.333 e. The number of aromatic nitrogens is 4. The monoisotopic (exact) mass is 605 g/mol. The zero-order valence-corrected chi connectivity index (χ0v) is 22.7. The molecule has 0 spiro atoms. The number of nitrogens with one attached hydrogen (secondary N) is 1. The third-order valence-corrected chi connectivity index (χ3v) is 9.09. The third kappa shape index (κ3) is 4.91. The topological polar surface area (TPSA) is 105 Å². The average molecular weight is 606 g/mol. The van der Waals surface area contributed by atoms with E-state index < -0.39 is 34.5 Å². The fourth-order valence-electron chi connectivity index (χ4n) is 4.83. The van der Waals surface area contributed by atoms with Crippen molar-refractivity contribution >= 4 is 44.4 Å². The van der Waals surface area contributed by atoms with Crippen LogP contribution < -0.4 is 4.72 Å². The first-order valence-corrected chi connectivity index (χ1v) is 14.6. The van der Waals surface area contributed by atoms with E-state index in [-0.39, 0.29) is 28.6 Å².